The molecule has 1 heterocycles. The number of pyridine rings is 1. The maximum absolute atomic E-state index is 13.4. The van der Waals surface area contributed by atoms with Crippen LogP contribution in [-0.2, 0) is 11.2 Å². The fourth-order valence-corrected chi connectivity index (χ4v) is 1.50. The third-order valence-electron chi connectivity index (χ3n) is 2.16. The van der Waals surface area contributed by atoms with Crippen LogP contribution in [0.4, 0.5) is 4.39 Å². The van der Waals surface area contributed by atoms with Gasteiger partial charge in [-0.05, 0) is 19.1 Å². The molecule has 0 saturated heterocycles. The summed E-state index contributed by atoms with van der Waals surface area (Å²) in [6.45, 7) is 1.49. The summed E-state index contributed by atoms with van der Waals surface area (Å²) >= 11 is 0. The predicted octanol–water partition coefficient (Wildman–Crippen LogP) is 2.51. The first kappa shape index (κ1) is 9.77. The Bertz CT molecular complexity index is 522. The number of ketones is 1. The second kappa shape index (κ2) is 3.77. The minimum absolute atomic E-state index is 0.0261. The molecular weight excluding hydrogens is 193 g/mol. The highest BCUT2D eigenvalue weighted by Crippen LogP contribution is 2.16. The lowest BCUT2D eigenvalue weighted by Gasteiger charge is -2.01. The maximum atomic E-state index is 13.4. The number of aromatic nitrogens is 1. The van der Waals surface area contributed by atoms with Crippen LogP contribution in [0.3, 0.4) is 0 Å². The molecule has 2 aromatic rings. The van der Waals surface area contributed by atoms with Gasteiger partial charge >= 0.3 is 0 Å². The highest BCUT2D eigenvalue weighted by atomic mass is 19.1. The van der Waals surface area contributed by atoms with Crippen LogP contribution in [0.15, 0.2) is 30.3 Å². The normalized spacial score (nSPS) is 10.5. The van der Waals surface area contributed by atoms with Crippen LogP contribution in [0.1, 0.15) is 12.6 Å². The number of hydrogen-bond acceptors (Lipinski definition) is 2. The fourth-order valence-electron chi connectivity index (χ4n) is 1.50. The molecule has 0 bridgehead atoms. The van der Waals surface area contributed by atoms with Crippen molar-refractivity contribution >= 4 is 16.7 Å². The van der Waals surface area contributed by atoms with E-state index in [9.17, 15) is 9.18 Å². The van der Waals surface area contributed by atoms with Gasteiger partial charge in [-0.1, -0.05) is 18.2 Å². The molecule has 0 saturated carbocycles. The third-order valence-corrected chi connectivity index (χ3v) is 2.16. The van der Waals surface area contributed by atoms with Gasteiger partial charge in [0, 0.05) is 17.5 Å². The molecule has 0 fully saturated rings. The molecule has 0 aliphatic rings. The van der Waals surface area contributed by atoms with E-state index in [0.29, 0.717) is 11.2 Å². The van der Waals surface area contributed by atoms with E-state index in [1.165, 1.54) is 13.0 Å². The Morgan fingerprint density at radius 1 is 1.33 bits per heavy atom. The second-order valence-corrected chi connectivity index (χ2v) is 3.49. The monoisotopic (exact) mass is 203 g/mol. The molecule has 0 spiro atoms. The van der Waals surface area contributed by atoms with Gasteiger partial charge in [0.2, 0.25) is 0 Å². The van der Waals surface area contributed by atoms with Crippen molar-refractivity contribution in [1.82, 2.24) is 4.98 Å². The Labute approximate surface area is 86.8 Å². The SMILES string of the molecule is CC(=O)Cc1ccc2cccc(F)c2n1. The fraction of sp³-hybridized carbons (Fsp3) is 0.167. The summed E-state index contributed by atoms with van der Waals surface area (Å²) in [5.41, 5.74) is 0.941. The zero-order chi connectivity index (χ0) is 10.8. The number of carbonyl (C=O) groups is 1. The molecule has 0 unspecified atom stereocenters. The van der Waals surface area contributed by atoms with Crippen LogP contribution in [0.25, 0.3) is 10.9 Å². The van der Waals surface area contributed by atoms with Crippen molar-refractivity contribution in [3.8, 4) is 0 Å². The molecule has 2 nitrogen and oxygen atoms in total. The van der Waals surface area contributed by atoms with Crippen LogP contribution < -0.4 is 0 Å². The summed E-state index contributed by atoms with van der Waals surface area (Å²) in [6.07, 6.45) is 0.254. The smallest absolute Gasteiger partial charge is 0.149 e. The van der Waals surface area contributed by atoms with E-state index in [1.807, 2.05) is 0 Å². The van der Waals surface area contributed by atoms with Gasteiger partial charge in [-0.3, -0.25) is 4.79 Å². The van der Waals surface area contributed by atoms with Crippen molar-refractivity contribution in [1.29, 1.82) is 0 Å². The summed E-state index contributed by atoms with van der Waals surface area (Å²) in [7, 11) is 0. The van der Waals surface area contributed by atoms with E-state index in [-0.39, 0.29) is 18.0 Å². The van der Waals surface area contributed by atoms with Crippen molar-refractivity contribution in [3.05, 3.63) is 41.8 Å². The van der Waals surface area contributed by atoms with Crippen LogP contribution in [-0.4, -0.2) is 10.8 Å². The van der Waals surface area contributed by atoms with Crippen LogP contribution in [0.2, 0.25) is 0 Å². The number of nitrogens with zero attached hydrogens (tertiary/aromatic N) is 1. The number of halogens is 1. The summed E-state index contributed by atoms with van der Waals surface area (Å²) in [5, 5.41) is 0.752. The Morgan fingerprint density at radius 3 is 2.87 bits per heavy atom. The highest BCUT2D eigenvalue weighted by Gasteiger charge is 2.04. The second-order valence-electron chi connectivity index (χ2n) is 3.49. The molecule has 15 heavy (non-hydrogen) atoms. The molecule has 76 valence electrons. The third kappa shape index (κ3) is 2.01. The number of benzene rings is 1. The van der Waals surface area contributed by atoms with Gasteiger partial charge in [-0.15, -0.1) is 0 Å². The largest absolute Gasteiger partial charge is 0.300 e. The van der Waals surface area contributed by atoms with Crippen molar-refractivity contribution in [2.24, 2.45) is 0 Å². The number of para-hydroxylation sites is 1. The molecule has 1 aromatic heterocycles. The van der Waals surface area contributed by atoms with Gasteiger partial charge in [-0.2, -0.15) is 0 Å². The Hall–Kier alpha value is -1.77. The summed E-state index contributed by atoms with van der Waals surface area (Å²) in [6, 6.07) is 8.34. The molecule has 0 radical (unpaired) electrons. The molecule has 3 heteroatoms. The number of fused-ring (bicyclic) bond motifs is 1. The maximum Gasteiger partial charge on any atom is 0.149 e. The number of hydrogen-bond donors (Lipinski definition) is 0. The van der Waals surface area contributed by atoms with E-state index in [4.69, 9.17) is 0 Å². The van der Waals surface area contributed by atoms with Gasteiger partial charge in [0.25, 0.3) is 0 Å². The quantitative estimate of drug-likeness (QED) is 0.750. The topological polar surface area (TPSA) is 30.0 Å². The predicted molar refractivity (Wildman–Crippen MR) is 56.1 cm³/mol. The first-order chi connectivity index (χ1) is 7.16. The van der Waals surface area contributed by atoms with Gasteiger partial charge in [0.15, 0.2) is 0 Å². The number of rotatable bonds is 2. The zero-order valence-electron chi connectivity index (χ0n) is 8.33. The van der Waals surface area contributed by atoms with Crippen molar-refractivity contribution in [3.63, 3.8) is 0 Å². The number of Topliss-reactive ketones (excluding diaryl/α,β-unsaturated/α-hetero) is 1. The lowest BCUT2D eigenvalue weighted by molar-refractivity contribution is -0.116. The van der Waals surface area contributed by atoms with E-state index in [0.717, 1.165) is 5.39 Å². The van der Waals surface area contributed by atoms with Crippen LogP contribution in [0.5, 0.6) is 0 Å². The molecule has 0 N–H and O–H groups in total. The summed E-state index contributed by atoms with van der Waals surface area (Å²) in [4.78, 5) is 15.0. The minimum atomic E-state index is -0.349. The standard InChI is InChI=1S/C12H10FNO/c1-8(15)7-10-6-5-9-3-2-4-11(13)12(9)14-10/h2-6H,7H2,1H3. The molecule has 0 atom stereocenters. The van der Waals surface area contributed by atoms with Crippen LogP contribution in [0, 0.1) is 5.82 Å². The molecule has 0 amide bonds. The highest BCUT2D eigenvalue weighted by molar-refractivity contribution is 5.81. The average molecular weight is 203 g/mol. The van der Waals surface area contributed by atoms with Gasteiger partial charge in [-0.25, -0.2) is 9.37 Å². The Morgan fingerprint density at radius 2 is 2.13 bits per heavy atom. The Kier molecular flexibility index (Phi) is 2.46. The Balaban J connectivity index is 2.54. The van der Waals surface area contributed by atoms with E-state index in [2.05, 4.69) is 4.98 Å². The van der Waals surface area contributed by atoms with Crippen LogP contribution >= 0.6 is 0 Å². The van der Waals surface area contributed by atoms with E-state index >= 15 is 0 Å². The van der Waals surface area contributed by atoms with Crippen molar-refractivity contribution in [2.45, 2.75) is 13.3 Å². The average Bonchev–Trinajstić information content (AvgIpc) is 2.18. The van der Waals surface area contributed by atoms with E-state index in [1.54, 1.807) is 24.3 Å². The van der Waals surface area contributed by atoms with E-state index < -0.39 is 0 Å². The summed E-state index contributed by atoms with van der Waals surface area (Å²) < 4.78 is 13.4. The molecule has 1 aromatic carbocycles. The summed E-state index contributed by atoms with van der Waals surface area (Å²) in [5.74, 6) is -0.323. The molecule has 0 aliphatic heterocycles. The number of carbonyl (C=O) groups excluding carboxylic acids is 1. The minimum Gasteiger partial charge on any atom is -0.300 e. The molecule has 0 aliphatic carbocycles. The first-order valence-electron chi connectivity index (χ1n) is 4.70. The molecule has 2 rings (SSSR count). The van der Waals surface area contributed by atoms with Crippen molar-refractivity contribution < 1.29 is 9.18 Å². The molecular formula is C12H10FNO. The lowest BCUT2D eigenvalue weighted by atomic mass is 10.1. The first-order valence-corrected chi connectivity index (χ1v) is 4.70. The van der Waals surface area contributed by atoms with Gasteiger partial charge in [0.05, 0.1) is 0 Å². The zero-order valence-corrected chi connectivity index (χ0v) is 8.33. The van der Waals surface area contributed by atoms with Gasteiger partial charge in [0.1, 0.15) is 17.1 Å². The lowest BCUT2D eigenvalue weighted by Crippen LogP contribution is -1.99. The van der Waals surface area contributed by atoms with Crippen molar-refractivity contribution in [2.75, 3.05) is 0 Å². The van der Waals surface area contributed by atoms with Gasteiger partial charge < -0.3 is 0 Å².